The van der Waals surface area contributed by atoms with Gasteiger partial charge in [-0.1, -0.05) is 23.2 Å². The Bertz CT molecular complexity index is 1140. The minimum absolute atomic E-state index is 0.151. The number of aromatic nitrogens is 2. The Morgan fingerprint density at radius 3 is 2.43 bits per heavy atom. The van der Waals surface area contributed by atoms with Crippen molar-refractivity contribution < 1.29 is 26.3 Å². The molecule has 162 valence electrons. The van der Waals surface area contributed by atoms with E-state index in [9.17, 15) is 21.6 Å². The summed E-state index contributed by atoms with van der Waals surface area (Å²) in [6, 6.07) is 8.54. The molecule has 0 aliphatic carbocycles. The number of hydrogen-bond acceptors (Lipinski definition) is 6. The Kier molecular flexibility index (Phi) is 7.70. The number of nitrogens with two attached hydrogens (primary N) is 1. The zero-order valence-electron chi connectivity index (χ0n) is 15.2. The molecule has 3 N–H and O–H groups in total. The number of rotatable bonds is 4. The first-order chi connectivity index (χ1) is 13.9. The third-order valence-electron chi connectivity index (χ3n) is 3.50. The van der Waals surface area contributed by atoms with Crippen molar-refractivity contribution in [1.82, 2.24) is 14.7 Å². The van der Waals surface area contributed by atoms with Gasteiger partial charge in [-0.3, -0.25) is 0 Å². The number of fused-ring (bicyclic) bond motifs is 1. The third-order valence-corrected chi connectivity index (χ3v) is 5.45. The second kappa shape index (κ2) is 9.65. The van der Waals surface area contributed by atoms with Gasteiger partial charge in [-0.25, -0.2) is 23.1 Å². The molecular formula is C17H15Cl2F3N4O3S. The first kappa shape index (κ1) is 23.9. The summed E-state index contributed by atoms with van der Waals surface area (Å²) in [5.41, 5.74) is 6.04. The van der Waals surface area contributed by atoms with Gasteiger partial charge in [-0.05, 0) is 43.4 Å². The van der Waals surface area contributed by atoms with Gasteiger partial charge in [-0.2, -0.15) is 13.2 Å². The Balaban J connectivity index is 0.000000230. The number of nitrogen functional groups attached to an aromatic ring is 1. The predicted molar refractivity (Wildman–Crippen MR) is 108 cm³/mol. The van der Waals surface area contributed by atoms with Gasteiger partial charge >= 0.3 is 6.18 Å². The lowest BCUT2D eigenvalue weighted by Crippen LogP contribution is -2.20. The zero-order valence-corrected chi connectivity index (χ0v) is 17.6. The summed E-state index contributed by atoms with van der Waals surface area (Å²) in [4.78, 5) is 7.72. The van der Waals surface area contributed by atoms with E-state index in [2.05, 4.69) is 19.4 Å². The van der Waals surface area contributed by atoms with E-state index >= 15 is 0 Å². The second-order valence-electron chi connectivity index (χ2n) is 5.64. The van der Waals surface area contributed by atoms with Crippen LogP contribution in [0, 0.1) is 0 Å². The van der Waals surface area contributed by atoms with Crippen molar-refractivity contribution >= 4 is 49.8 Å². The van der Waals surface area contributed by atoms with Crippen LogP contribution in [0.3, 0.4) is 0 Å². The van der Waals surface area contributed by atoms with E-state index in [1.54, 1.807) is 12.1 Å². The highest BCUT2D eigenvalue weighted by atomic mass is 35.5. The van der Waals surface area contributed by atoms with Crippen molar-refractivity contribution in [2.45, 2.75) is 11.1 Å². The molecule has 3 aromatic rings. The normalized spacial score (nSPS) is 11.7. The van der Waals surface area contributed by atoms with E-state index in [4.69, 9.17) is 28.9 Å². The molecular weight excluding hydrogens is 468 g/mol. The minimum Gasteiger partial charge on any atom is -0.482 e. The van der Waals surface area contributed by atoms with Crippen LogP contribution in [0.1, 0.15) is 0 Å². The number of hydrogen-bond donors (Lipinski definition) is 2. The molecule has 1 heterocycles. The topological polar surface area (TPSA) is 107 Å². The maximum Gasteiger partial charge on any atom is 0.422 e. The van der Waals surface area contributed by atoms with Gasteiger partial charge in [-0.15, -0.1) is 0 Å². The van der Waals surface area contributed by atoms with Crippen molar-refractivity contribution in [2.75, 3.05) is 19.4 Å². The highest BCUT2D eigenvalue weighted by molar-refractivity contribution is 7.89. The largest absolute Gasteiger partial charge is 0.482 e. The van der Waals surface area contributed by atoms with Crippen LogP contribution in [0.5, 0.6) is 5.75 Å². The average molecular weight is 483 g/mol. The molecule has 3 rings (SSSR count). The Morgan fingerprint density at radius 2 is 1.83 bits per heavy atom. The number of alkyl halides is 3. The predicted octanol–water partition coefficient (Wildman–Crippen LogP) is 4.05. The highest BCUT2D eigenvalue weighted by Gasteiger charge is 2.28. The van der Waals surface area contributed by atoms with Gasteiger partial charge in [0.1, 0.15) is 17.2 Å². The number of halogens is 5. The first-order valence-electron chi connectivity index (χ1n) is 8.01. The Morgan fingerprint density at radius 1 is 1.13 bits per heavy atom. The standard InChI is InChI=1S/C9H11F3N2O3S.C8H4Cl2N2/c1-14-18(15,16)6-2-3-8(7(13)4-6)17-5-9(10,11)12;9-5-1-2-7-6(3-5)8(10)12-4-11-7/h2-4,14H,5,13H2,1H3;1-4H. The monoisotopic (exact) mass is 482 g/mol. The summed E-state index contributed by atoms with van der Waals surface area (Å²) in [6.45, 7) is -1.49. The zero-order chi connectivity index (χ0) is 22.5. The van der Waals surface area contributed by atoms with Crippen molar-refractivity contribution in [3.63, 3.8) is 0 Å². The molecule has 30 heavy (non-hydrogen) atoms. The Labute approximate surface area is 180 Å². The fraction of sp³-hybridized carbons (Fsp3) is 0.176. The number of sulfonamides is 1. The lowest BCUT2D eigenvalue weighted by atomic mass is 10.2. The van der Waals surface area contributed by atoms with Crippen molar-refractivity contribution in [1.29, 1.82) is 0 Å². The number of nitrogens with zero attached hydrogens (tertiary/aromatic N) is 2. The smallest absolute Gasteiger partial charge is 0.422 e. The summed E-state index contributed by atoms with van der Waals surface area (Å²) < 4.78 is 65.1. The van der Waals surface area contributed by atoms with E-state index in [-0.39, 0.29) is 16.3 Å². The van der Waals surface area contributed by atoms with Crippen LogP contribution < -0.4 is 15.2 Å². The van der Waals surface area contributed by atoms with Crippen LogP contribution in [-0.2, 0) is 10.0 Å². The number of nitrogens with one attached hydrogen (secondary N) is 1. The summed E-state index contributed by atoms with van der Waals surface area (Å²) in [7, 11) is -2.48. The molecule has 7 nitrogen and oxygen atoms in total. The molecule has 0 atom stereocenters. The van der Waals surface area contributed by atoms with E-state index < -0.39 is 22.8 Å². The van der Waals surface area contributed by atoms with Crippen molar-refractivity contribution in [2.24, 2.45) is 0 Å². The first-order valence-corrected chi connectivity index (χ1v) is 10.3. The lowest BCUT2D eigenvalue weighted by molar-refractivity contribution is -0.153. The SMILES string of the molecule is CNS(=O)(=O)c1ccc(OCC(F)(F)F)c(N)c1.Clc1ccc2ncnc(Cl)c2c1. The van der Waals surface area contributed by atoms with E-state index in [1.807, 2.05) is 6.07 Å². The second-order valence-corrected chi connectivity index (χ2v) is 8.32. The van der Waals surface area contributed by atoms with Crippen LogP contribution in [-0.4, -0.2) is 38.2 Å². The average Bonchev–Trinajstić information content (AvgIpc) is 2.67. The minimum atomic E-state index is -4.48. The van der Waals surface area contributed by atoms with E-state index in [0.717, 1.165) is 29.1 Å². The van der Waals surface area contributed by atoms with Crippen LogP contribution in [0.15, 0.2) is 47.6 Å². The maximum atomic E-state index is 11.9. The Hall–Kier alpha value is -2.34. The molecule has 0 fully saturated rings. The molecule has 1 aromatic heterocycles. The highest BCUT2D eigenvalue weighted by Crippen LogP contribution is 2.27. The summed E-state index contributed by atoms with van der Waals surface area (Å²) in [5.74, 6) is -0.220. The molecule has 0 unspecified atom stereocenters. The van der Waals surface area contributed by atoms with Gasteiger partial charge < -0.3 is 10.5 Å². The maximum absolute atomic E-state index is 11.9. The lowest BCUT2D eigenvalue weighted by Gasteiger charge is -2.12. The van der Waals surface area contributed by atoms with Crippen molar-refractivity contribution in [3.8, 4) is 5.75 Å². The van der Waals surface area contributed by atoms with Crippen molar-refractivity contribution in [3.05, 3.63) is 52.9 Å². The van der Waals surface area contributed by atoms with Gasteiger partial charge in [0.2, 0.25) is 10.0 Å². The van der Waals surface area contributed by atoms with Gasteiger partial charge in [0.05, 0.1) is 16.1 Å². The molecule has 0 bridgehead atoms. The molecule has 0 saturated carbocycles. The van der Waals surface area contributed by atoms with Gasteiger partial charge in [0, 0.05) is 10.4 Å². The molecule has 13 heteroatoms. The molecule has 0 radical (unpaired) electrons. The molecule has 2 aromatic carbocycles. The molecule has 0 aliphatic heterocycles. The molecule has 0 aliphatic rings. The molecule has 0 amide bonds. The van der Waals surface area contributed by atoms with Crippen LogP contribution in [0.2, 0.25) is 10.2 Å². The fourth-order valence-corrected chi connectivity index (χ4v) is 3.23. The number of ether oxygens (including phenoxy) is 1. The quantitative estimate of drug-likeness (QED) is 0.428. The number of benzene rings is 2. The van der Waals surface area contributed by atoms with Gasteiger partial charge in [0.15, 0.2) is 6.61 Å². The summed E-state index contributed by atoms with van der Waals surface area (Å²) in [6.07, 6.45) is -3.05. The van der Waals surface area contributed by atoms with Crippen LogP contribution in [0.25, 0.3) is 10.9 Å². The van der Waals surface area contributed by atoms with Gasteiger partial charge in [0.25, 0.3) is 0 Å². The molecule has 0 spiro atoms. The molecule has 0 saturated heterocycles. The summed E-state index contributed by atoms with van der Waals surface area (Å²) in [5, 5.41) is 1.85. The van der Waals surface area contributed by atoms with Crippen LogP contribution in [0.4, 0.5) is 18.9 Å². The fourth-order valence-electron chi connectivity index (χ4n) is 2.10. The third kappa shape index (κ3) is 6.59. The summed E-state index contributed by atoms with van der Waals surface area (Å²) >= 11 is 11.6. The van der Waals surface area contributed by atoms with E-state index in [0.29, 0.717) is 10.2 Å². The number of anilines is 1. The van der Waals surface area contributed by atoms with Crippen LogP contribution >= 0.6 is 23.2 Å². The van der Waals surface area contributed by atoms with E-state index in [1.165, 1.54) is 13.4 Å².